The summed E-state index contributed by atoms with van der Waals surface area (Å²) in [5, 5.41) is 15.7. The van der Waals surface area contributed by atoms with Crippen LogP contribution in [-0.4, -0.2) is 64.8 Å². The van der Waals surface area contributed by atoms with Gasteiger partial charge in [-0.25, -0.2) is 24.0 Å². The molecule has 1 fully saturated rings. The Hall–Kier alpha value is -2.81. The van der Waals surface area contributed by atoms with E-state index in [0.717, 1.165) is 16.8 Å². The summed E-state index contributed by atoms with van der Waals surface area (Å²) in [5.41, 5.74) is 1.41. The van der Waals surface area contributed by atoms with Crippen LogP contribution in [0.25, 0.3) is 0 Å². The van der Waals surface area contributed by atoms with E-state index in [4.69, 9.17) is 9.47 Å². The zero-order chi connectivity index (χ0) is 21.6. The number of aliphatic hydroxyl groups excluding tert-OH is 1. The lowest BCUT2D eigenvalue weighted by Gasteiger charge is -2.38. The lowest BCUT2D eigenvalue weighted by Crippen LogP contribution is -2.57. The summed E-state index contributed by atoms with van der Waals surface area (Å²) in [5.74, 6) is -0.504. The third kappa shape index (κ3) is 2.83. The zero-order valence-corrected chi connectivity index (χ0v) is 17.2. The standard InChI is InChI=1S/C21H26FN3O5/c1-4-29-19(27)24-18-15(21(3,8-9-26)25(24)20(28)30-5-2)11-14-13-10-12(22)6-7-16(13)23-17(14)18/h6-7,10-11,14,17-18,23,26H,4-5,8-9H2,1-3H3/t14-,17+,18+,21+/m1/s1. The van der Waals surface area contributed by atoms with Crippen LogP contribution in [0.1, 0.15) is 38.7 Å². The van der Waals surface area contributed by atoms with Crippen molar-refractivity contribution in [2.24, 2.45) is 0 Å². The maximum Gasteiger partial charge on any atom is 0.429 e. The second-order valence-electron chi connectivity index (χ2n) is 7.80. The second-order valence-corrected chi connectivity index (χ2v) is 7.80. The van der Waals surface area contributed by atoms with Crippen LogP contribution < -0.4 is 5.32 Å². The Bertz CT molecular complexity index is 907. The minimum Gasteiger partial charge on any atom is -0.448 e. The highest BCUT2D eigenvalue weighted by molar-refractivity contribution is 5.80. The molecule has 0 aromatic heterocycles. The summed E-state index contributed by atoms with van der Waals surface area (Å²) in [6.07, 6.45) is 0.830. The number of hydrazine groups is 1. The maximum atomic E-state index is 13.9. The van der Waals surface area contributed by atoms with E-state index in [1.165, 1.54) is 22.2 Å². The number of benzene rings is 1. The SMILES string of the molecule is CCOC(=O)N1[C@H]2C(=C[C@@H]3c4cc(F)ccc4N[C@@H]32)[C@](C)(CCO)N1C(=O)OCC. The van der Waals surface area contributed by atoms with Crippen molar-refractivity contribution < 1.29 is 28.6 Å². The van der Waals surface area contributed by atoms with Gasteiger partial charge in [0.15, 0.2) is 0 Å². The van der Waals surface area contributed by atoms with Gasteiger partial charge in [-0.3, -0.25) is 0 Å². The van der Waals surface area contributed by atoms with Crippen LogP contribution in [0.2, 0.25) is 0 Å². The molecule has 0 bridgehead atoms. The van der Waals surface area contributed by atoms with E-state index in [2.05, 4.69) is 5.32 Å². The number of anilines is 1. The smallest absolute Gasteiger partial charge is 0.429 e. The van der Waals surface area contributed by atoms with Gasteiger partial charge in [-0.2, -0.15) is 0 Å². The van der Waals surface area contributed by atoms with Gasteiger partial charge in [0.25, 0.3) is 0 Å². The van der Waals surface area contributed by atoms with Crippen molar-refractivity contribution in [2.75, 3.05) is 25.1 Å². The Labute approximate surface area is 174 Å². The van der Waals surface area contributed by atoms with Crippen LogP contribution in [-0.2, 0) is 9.47 Å². The van der Waals surface area contributed by atoms with Crippen LogP contribution in [0.15, 0.2) is 29.8 Å². The number of halogens is 1. The number of ether oxygens (including phenoxy) is 2. The minimum absolute atomic E-state index is 0.139. The fourth-order valence-electron chi connectivity index (χ4n) is 4.95. The predicted molar refractivity (Wildman–Crippen MR) is 106 cm³/mol. The zero-order valence-electron chi connectivity index (χ0n) is 17.2. The fraction of sp³-hybridized carbons (Fsp3) is 0.524. The van der Waals surface area contributed by atoms with Gasteiger partial charge in [0.2, 0.25) is 0 Å². The number of aliphatic hydroxyl groups is 1. The molecule has 2 aliphatic heterocycles. The normalized spacial score (nSPS) is 28.4. The summed E-state index contributed by atoms with van der Waals surface area (Å²) < 4.78 is 24.4. The first kappa shape index (κ1) is 20.5. The number of hydrogen-bond acceptors (Lipinski definition) is 6. The predicted octanol–water partition coefficient (Wildman–Crippen LogP) is 3.00. The van der Waals surface area contributed by atoms with Crippen LogP contribution in [0, 0.1) is 5.82 Å². The van der Waals surface area contributed by atoms with Crippen molar-refractivity contribution in [3.8, 4) is 0 Å². The molecule has 3 aliphatic rings. The number of rotatable bonds is 4. The molecular formula is C21H26FN3O5. The number of amides is 2. The number of nitrogens with one attached hydrogen (secondary N) is 1. The van der Waals surface area contributed by atoms with Crippen molar-refractivity contribution in [3.05, 3.63) is 41.2 Å². The van der Waals surface area contributed by atoms with Gasteiger partial charge in [-0.05, 0) is 56.5 Å². The highest BCUT2D eigenvalue weighted by Crippen LogP contribution is 2.54. The van der Waals surface area contributed by atoms with Gasteiger partial charge in [-0.1, -0.05) is 6.08 Å². The molecule has 8 nitrogen and oxygen atoms in total. The summed E-state index contributed by atoms with van der Waals surface area (Å²) >= 11 is 0. The summed E-state index contributed by atoms with van der Waals surface area (Å²) in [4.78, 5) is 25.9. The van der Waals surface area contributed by atoms with Crippen molar-refractivity contribution >= 4 is 17.9 Å². The van der Waals surface area contributed by atoms with Crippen LogP contribution >= 0.6 is 0 Å². The van der Waals surface area contributed by atoms with E-state index in [9.17, 15) is 19.1 Å². The van der Waals surface area contributed by atoms with Crippen molar-refractivity contribution in [1.82, 2.24) is 10.0 Å². The highest BCUT2D eigenvalue weighted by atomic mass is 19.1. The van der Waals surface area contributed by atoms with Crippen molar-refractivity contribution in [2.45, 2.75) is 50.7 Å². The third-order valence-electron chi connectivity index (χ3n) is 6.16. The van der Waals surface area contributed by atoms with Crippen molar-refractivity contribution in [3.63, 3.8) is 0 Å². The second kappa shape index (κ2) is 7.46. The first-order chi connectivity index (χ1) is 14.4. The third-order valence-corrected chi connectivity index (χ3v) is 6.16. The molecular weight excluding hydrogens is 393 g/mol. The number of carbonyl (C=O) groups is 2. The lowest BCUT2D eigenvalue weighted by atomic mass is 9.87. The first-order valence-electron chi connectivity index (χ1n) is 10.2. The maximum absolute atomic E-state index is 13.9. The van der Waals surface area contributed by atoms with E-state index < -0.39 is 23.8 Å². The van der Waals surface area contributed by atoms with Crippen molar-refractivity contribution in [1.29, 1.82) is 0 Å². The fourth-order valence-corrected chi connectivity index (χ4v) is 4.95. The summed E-state index contributed by atoms with van der Waals surface area (Å²) in [6.45, 7) is 5.26. The van der Waals surface area contributed by atoms with E-state index in [-0.39, 0.29) is 44.0 Å². The number of nitrogens with zero attached hydrogens (tertiary/aromatic N) is 2. The van der Waals surface area contributed by atoms with Gasteiger partial charge < -0.3 is 19.9 Å². The largest absolute Gasteiger partial charge is 0.448 e. The molecule has 4 rings (SSSR count). The average Bonchev–Trinajstić information content (AvgIpc) is 3.30. The lowest BCUT2D eigenvalue weighted by molar-refractivity contribution is -0.0483. The molecule has 0 unspecified atom stereocenters. The molecule has 1 aromatic carbocycles. The Morgan fingerprint density at radius 2 is 1.93 bits per heavy atom. The molecule has 0 radical (unpaired) electrons. The Balaban J connectivity index is 1.83. The van der Waals surface area contributed by atoms with E-state index in [1.54, 1.807) is 26.8 Å². The van der Waals surface area contributed by atoms with Gasteiger partial charge >= 0.3 is 12.2 Å². The Kier molecular flexibility index (Phi) is 5.09. The molecule has 1 aromatic rings. The summed E-state index contributed by atoms with van der Waals surface area (Å²) in [7, 11) is 0. The molecule has 162 valence electrons. The van der Waals surface area contributed by atoms with Gasteiger partial charge in [0.1, 0.15) is 11.9 Å². The van der Waals surface area contributed by atoms with Crippen LogP contribution in [0.4, 0.5) is 19.7 Å². The molecule has 0 spiro atoms. The molecule has 2 heterocycles. The topological polar surface area (TPSA) is 91.3 Å². The van der Waals surface area contributed by atoms with Gasteiger partial charge in [0, 0.05) is 18.2 Å². The molecule has 1 aliphatic carbocycles. The molecule has 2 amide bonds. The van der Waals surface area contributed by atoms with E-state index in [1.807, 2.05) is 6.08 Å². The average molecular weight is 419 g/mol. The van der Waals surface area contributed by atoms with Gasteiger partial charge in [0.05, 0.1) is 24.8 Å². The Morgan fingerprint density at radius 3 is 2.60 bits per heavy atom. The number of fused-ring (bicyclic) bond motifs is 5. The van der Waals surface area contributed by atoms with Gasteiger partial charge in [-0.15, -0.1) is 0 Å². The van der Waals surface area contributed by atoms with Crippen LogP contribution in [0.5, 0.6) is 0 Å². The summed E-state index contributed by atoms with van der Waals surface area (Å²) in [6, 6.07) is 3.72. The molecule has 2 N–H and O–H groups in total. The van der Waals surface area contributed by atoms with E-state index in [0.29, 0.717) is 0 Å². The monoisotopic (exact) mass is 419 g/mol. The van der Waals surface area contributed by atoms with Crippen LogP contribution in [0.3, 0.4) is 0 Å². The number of hydrogen-bond donors (Lipinski definition) is 2. The number of carbonyl (C=O) groups excluding carboxylic acids is 2. The molecule has 30 heavy (non-hydrogen) atoms. The molecule has 0 saturated carbocycles. The molecule has 1 saturated heterocycles. The first-order valence-corrected chi connectivity index (χ1v) is 10.2. The highest BCUT2D eigenvalue weighted by Gasteiger charge is 2.63. The minimum atomic E-state index is -0.988. The molecule has 4 atom stereocenters. The Morgan fingerprint density at radius 1 is 1.23 bits per heavy atom. The molecule has 9 heteroatoms. The quantitative estimate of drug-likeness (QED) is 0.729. The van der Waals surface area contributed by atoms with E-state index >= 15 is 0 Å².